The van der Waals surface area contributed by atoms with E-state index in [1.165, 1.54) is 24.0 Å². The Hall–Kier alpha value is -1.50. The third kappa shape index (κ3) is 4.49. The van der Waals surface area contributed by atoms with Crippen molar-refractivity contribution in [3.63, 3.8) is 0 Å². The lowest BCUT2D eigenvalue weighted by Gasteiger charge is -2.19. The van der Waals surface area contributed by atoms with Gasteiger partial charge in [-0.05, 0) is 49.8 Å². The van der Waals surface area contributed by atoms with Crippen molar-refractivity contribution in [2.45, 2.75) is 58.0 Å². The van der Waals surface area contributed by atoms with Gasteiger partial charge in [-0.15, -0.1) is 5.73 Å². The van der Waals surface area contributed by atoms with Crippen LogP contribution < -0.4 is 4.74 Å². The fourth-order valence-corrected chi connectivity index (χ4v) is 2.76. The molecule has 1 aliphatic carbocycles. The number of aliphatic hydroxyl groups is 1. The molecule has 0 heterocycles. The van der Waals surface area contributed by atoms with Crippen molar-refractivity contribution in [1.29, 1.82) is 0 Å². The summed E-state index contributed by atoms with van der Waals surface area (Å²) in [5.41, 5.74) is 7.03. The summed E-state index contributed by atoms with van der Waals surface area (Å²) in [7, 11) is 1.68. The van der Waals surface area contributed by atoms with Gasteiger partial charge in [0.2, 0.25) is 0 Å². The maximum absolute atomic E-state index is 10.1. The van der Waals surface area contributed by atoms with E-state index in [1.54, 1.807) is 7.11 Å². The molecule has 2 heteroatoms. The quantitative estimate of drug-likeness (QED) is 0.793. The smallest absolute Gasteiger partial charge is 0.118 e. The molecular weight excluding hydrogens is 260 g/mol. The Morgan fingerprint density at radius 2 is 2.05 bits per heavy atom. The summed E-state index contributed by atoms with van der Waals surface area (Å²) in [6.45, 7) is 2.20. The number of unbranched alkanes of at least 4 members (excludes halogenated alkanes) is 1. The van der Waals surface area contributed by atoms with Crippen LogP contribution in [0, 0.1) is 0 Å². The minimum atomic E-state index is -0.298. The monoisotopic (exact) mass is 286 g/mol. The molecule has 0 radical (unpaired) electrons. The van der Waals surface area contributed by atoms with Gasteiger partial charge in [0.15, 0.2) is 0 Å². The van der Waals surface area contributed by atoms with Crippen LogP contribution >= 0.6 is 0 Å². The van der Waals surface area contributed by atoms with Gasteiger partial charge in [-0.1, -0.05) is 31.9 Å². The number of benzene rings is 1. The first-order chi connectivity index (χ1) is 10.2. The van der Waals surface area contributed by atoms with E-state index in [0.717, 1.165) is 43.4 Å². The van der Waals surface area contributed by atoms with Gasteiger partial charge in [-0.2, -0.15) is 0 Å². The first kappa shape index (κ1) is 15.9. The second-order valence-electron chi connectivity index (χ2n) is 5.72. The van der Waals surface area contributed by atoms with E-state index < -0.39 is 0 Å². The van der Waals surface area contributed by atoms with Crippen molar-refractivity contribution in [3.8, 4) is 5.75 Å². The summed E-state index contributed by atoms with van der Waals surface area (Å²) in [5.74, 6) is 0.874. The zero-order valence-electron chi connectivity index (χ0n) is 13.2. The predicted octanol–water partition coefficient (Wildman–Crippen LogP) is 4.73. The van der Waals surface area contributed by atoms with Crippen LogP contribution in [0.5, 0.6) is 5.75 Å². The normalized spacial score (nSPS) is 18.2. The van der Waals surface area contributed by atoms with Crippen LogP contribution in [0.25, 0.3) is 5.57 Å². The largest absolute Gasteiger partial charge is 0.497 e. The third-order valence-corrected chi connectivity index (χ3v) is 4.11. The molecule has 1 saturated carbocycles. The Labute approximate surface area is 128 Å². The van der Waals surface area contributed by atoms with Crippen LogP contribution in [0.2, 0.25) is 0 Å². The second kappa shape index (κ2) is 8.07. The van der Waals surface area contributed by atoms with Crippen LogP contribution in [0.15, 0.2) is 35.6 Å². The molecule has 1 aliphatic rings. The fourth-order valence-electron chi connectivity index (χ4n) is 2.76. The minimum Gasteiger partial charge on any atom is -0.497 e. The highest BCUT2D eigenvalue weighted by molar-refractivity contribution is 5.66. The molecule has 0 aliphatic heterocycles. The van der Waals surface area contributed by atoms with Gasteiger partial charge < -0.3 is 9.84 Å². The third-order valence-electron chi connectivity index (χ3n) is 4.11. The van der Waals surface area contributed by atoms with Crippen LogP contribution in [0.3, 0.4) is 0 Å². The number of rotatable bonds is 5. The number of ether oxygens (including phenoxy) is 1. The second-order valence-corrected chi connectivity index (χ2v) is 5.72. The molecule has 2 rings (SSSR count). The number of methoxy groups -OCH3 is 1. The number of aliphatic hydroxyl groups excluding tert-OH is 1. The molecule has 1 aromatic rings. The average molecular weight is 286 g/mol. The first-order valence-corrected chi connectivity index (χ1v) is 8.05. The molecule has 0 saturated heterocycles. The molecule has 1 fully saturated rings. The summed E-state index contributed by atoms with van der Waals surface area (Å²) in [5, 5.41) is 10.1. The molecule has 0 aromatic heterocycles. The lowest BCUT2D eigenvalue weighted by Crippen LogP contribution is -2.14. The lowest BCUT2D eigenvalue weighted by molar-refractivity contribution is 0.179. The first-order valence-electron chi connectivity index (χ1n) is 8.05. The van der Waals surface area contributed by atoms with E-state index in [4.69, 9.17) is 4.74 Å². The van der Waals surface area contributed by atoms with Crippen LogP contribution in [-0.2, 0) is 0 Å². The molecule has 114 valence electrons. The maximum atomic E-state index is 10.1. The van der Waals surface area contributed by atoms with E-state index in [-0.39, 0.29) is 6.10 Å². The summed E-state index contributed by atoms with van der Waals surface area (Å²) < 4.78 is 5.22. The van der Waals surface area contributed by atoms with Gasteiger partial charge in [0.25, 0.3) is 0 Å². The zero-order valence-corrected chi connectivity index (χ0v) is 13.2. The molecule has 1 atom stereocenters. The molecule has 0 amide bonds. The highest BCUT2D eigenvalue weighted by atomic mass is 16.5. The van der Waals surface area contributed by atoms with Gasteiger partial charge in [0.1, 0.15) is 5.75 Å². The Morgan fingerprint density at radius 1 is 1.29 bits per heavy atom. The minimum absolute atomic E-state index is 0.298. The molecule has 21 heavy (non-hydrogen) atoms. The summed E-state index contributed by atoms with van der Waals surface area (Å²) in [4.78, 5) is 0. The van der Waals surface area contributed by atoms with Crippen molar-refractivity contribution in [3.05, 3.63) is 41.1 Å². The standard InChI is InChI=1S/C19H26O2/c1-3-4-7-16(14-17-8-5-6-9-19(17)20)15-10-12-18(21-2)13-11-15/h10-13,19-20H,3-9H2,1-2H3/t14?,19-/m1/s1. The Bertz CT molecular complexity index is 507. The Morgan fingerprint density at radius 3 is 2.67 bits per heavy atom. The van der Waals surface area contributed by atoms with Gasteiger partial charge in [-0.3, -0.25) is 0 Å². The summed E-state index contributed by atoms with van der Waals surface area (Å²) in [6.07, 6.45) is 7.19. The van der Waals surface area contributed by atoms with Gasteiger partial charge in [0, 0.05) is 11.1 Å². The molecule has 0 spiro atoms. The predicted molar refractivity (Wildman–Crippen MR) is 87.4 cm³/mol. The van der Waals surface area contributed by atoms with E-state index >= 15 is 0 Å². The van der Waals surface area contributed by atoms with E-state index in [9.17, 15) is 5.11 Å². The highest BCUT2D eigenvalue weighted by Gasteiger charge is 2.16. The van der Waals surface area contributed by atoms with Gasteiger partial charge in [-0.25, -0.2) is 0 Å². The van der Waals surface area contributed by atoms with E-state index in [1.807, 2.05) is 12.1 Å². The van der Waals surface area contributed by atoms with E-state index in [0.29, 0.717) is 0 Å². The average Bonchev–Trinajstić information content (AvgIpc) is 2.53. The van der Waals surface area contributed by atoms with Crippen molar-refractivity contribution >= 4 is 5.57 Å². The SMILES string of the molecule is CCCCC(=C=C1CCCC[C@H]1O)c1ccc(OC)cc1. The van der Waals surface area contributed by atoms with Crippen molar-refractivity contribution < 1.29 is 9.84 Å². The Kier molecular flexibility index (Phi) is 6.10. The summed E-state index contributed by atoms with van der Waals surface area (Å²) >= 11 is 0. The van der Waals surface area contributed by atoms with Crippen molar-refractivity contribution in [2.24, 2.45) is 0 Å². The Balaban J connectivity index is 2.34. The number of hydrogen-bond donors (Lipinski definition) is 1. The zero-order chi connectivity index (χ0) is 15.1. The summed E-state index contributed by atoms with van der Waals surface area (Å²) in [6, 6.07) is 8.16. The topological polar surface area (TPSA) is 29.5 Å². The number of hydrogen-bond acceptors (Lipinski definition) is 2. The molecule has 1 N–H and O–H groups in total. The molecule has 1 aromatic carbocycles. The van der Waals surface area contributed by atoms with Crippen LogP contribution in [0.4, 0.5) is 0 Å². The molecule has 2 nitrogen and oxygen atoms in total. The van der Waals surface area contributed by atoms with Crippen molar-refractivity contribution in [1.82, 2.24) is 0 Å². The molecular formula is C19H26O2. The lowest BCUT2D eigenvalue weighted by atomic mass is 9.91. The molecule has 0 unspecified atom stereocenters. The van der Waals surface area contributed by atoms with Gasteiger partial charge in [0.05, 0.1) is 13.2 Å². The van der Waals surface area contributed by atoms with Crippen LogP contribution in [-0.4, -0.2) is 18.3 Å². The van der Waals surface area contributed by atoms with Crippen molar-refractivity contribution in [2.75, 3.05) is 7.11 Å². The van der Waals surface area contributed by atoms with Crippen LogP contribution in [0.1, 0.15) is 57.4 Å². The molecule has 0 bridgehead atoms. The van der Waals surface area contributed by atoms with Gasteiger partial charge >= 0.3 is 0 Å². The highest BCUT2D eigenvalue weighted by Crippen LogP contribution is 2.27. The fraction of sp³-hybridized carbons (Fsp3) is 0.526. The van der Waals surface area contributed by atoms with E-state index in [2.05, 4.69) is 24.8 Å². The maximum Gasteiger partial charge on any atom is 0.118 e.